The molecule has 0 atom stereocenters. The number of ether oxygens (including phenoxy) is 1. The molecule has 0 radical (unpaired) electrons. The van der Waals surface area contributed by atoms with E-state index in [2.05, 4.69) is 62.4 Å². The second kappa shape index (κ2) is 7.39. The number of hydrogen-bond donors (Lipinski definition) is 1. The van der Waals surface area contributed by atoms with Crippen LogP contribution >= 0.6 is 0 Å². The Labute approximate surface area is 129 Å². The van der Waals surface area contributed by atoms with Crippen molar-refractivity contribution in [3.63, 3.8) is 0 Å². The smallest absolute Gasteiger partial charge is 0.0720 e. The van der Waals surface area contributed by atoms with Crippen LogP contribution in [-0.4, -0.2) is 43.7 Å². The summed E-state index contributed by atoms with van der Waals surface area (Å²) in [6.07, 6.45) is 3.79. The van der Waals surface area contributed by atoms with E-state index in [1.807, 2.05) is 0 Å². The summed E-state index contributed by atoms with van der Waals surface area (Å²) in [5.74, 6) is 0. The van der Waals surface area contributed by atoms with Crippen molar-refractivity contribution < 1.29 is 4.74 Å². The minimum Gasteiger partial charge on any atom is -0.375 e. The van der Waals surface area contributed by atoms with E-state index in [-0.39, 0.29) is 5.54 Å². The molecule has 0 heterocycles. The van der Waals surface area contributed by atoms with Gasteiger partial charge in [0, 0.05) is 11.6 Å². The molecule has 3 heteroatoms. The van der Waals surface area contributed by atoms with Crippen LogP contribution in [-0.2, 0) is 17.8 Å². The third-order valence-corrected chi connectivity index (χ3v) is 4.45. The van der Waals surface area contributed by atoms with Crippen LogP contribution in [0.3, 0.4) is 0 Å². The Morgan fingerprint density at radius 3 is 2.48 bits per heavy atom. The van der Waals surface area contributed by atoms with Crippen LogP contribution in [0.4, 0.5) is 0 Å². The van der Waals surface area contributed by atoms with Crippen molar-refractivity contribution in [2.45, 2.75) is 51.3 Å². The molecule has 0 unspecified atom stereocenters. The second-order valence-electron chi connectivity index (χ2n) is 6.95. The lowest BCUT2D eigenvalue weighted by atomic mass is 10.0. The molecule has 1 aromatic carbocycles. The molecular formula is C18H30N2O. The highest BCUT2D eigenvalue weighted by atomic mass is 16.5. The first-order valence-electron chi connectivity index (χ1n) is 8.04. The first kappa shape index (κ1) is 16.5. The van der Waals surface area contributed by atoms with E-state index >= 15 is 0 Å². The molecule has 118 valence electrons. The predicted molar refractivity (Wildman–Crippen MR) is 88.6 cm³/mol. The van der Waals surface area contributed by atoms with E-state index in [9.17, 15) is 0 Å². The van der Waals surface area contributed by atoms with Gasteiger partial charge in [-0.1, -0.05) is 24.3 Å². The third-order valence-electron chi connectivity index (χ3n) is 4.45. The summed E-state index contributed by atoms with van der Waals surface area (Å²) in [4.78, 5) is 2.21. The van der Waals surface area contributed by atoms with Crippen molar-refractivity contribution in [2.24, 2.45) is 0 Å². The largest absolute Gasteiger partial charge is 0.375 e. The summed E-state index contributed by atoms with van der Waals surface area (Å²) in [6, 6.07) is 9.43. The van der Waals surface area contributed by atoms with Crippen molar-refractivity contribution in [3.05, 3.63) is 35.4 Å². The van der Waals surface area contributed by atoms with Crippen LogP contribution in [0.2, 0.25) is 0 Å². The van der Waals surface area contributed by atoms with Crippen LogP contribution in [0, 0.1) is 0 Å². The van der Waals surface area contributed by atoms with E-state index in [0.29, 0.717) is 6.61 Å². The second-order valence-corrected chi connectivity index (χ2v) is 6.95. The molecule has 1 fully saturated rings. The topological polar surface area (TPSA) is 24.5 Å². The third kappa shape index (κ3) is 5.42. The Bertz CT molecular complexity index is 439. The summed E-state index contributed by atoms with van der Waals surface area (Å²) >= 11 is 0. The number of benzene rings is 1. The zero-order chi connectivity index (χ0) is 15.3. The number of hydrogen-bond acceptors (Lipinski definition) is 3. The van der Waals surface area contributed by atoms with Gasteiger partial charge in [0.15, 0.2) is 0 Å². The quantitative estimate of drug-likeness (QED) is 0.757. The van der Waals surface area contributed by atoms with Crippen LogP contribution < -0.4 is 5.32 Å². The Balaban J connectivity index is 1.81. The normalized spacial score (nSPS) is 15.7. The van der Waals surface area contributed by atoms with E-state index in [4.69, 9.17) is 4.74 Å². The Hall–Kier alpha value is -0.900. The van der Waals surface area contributed by atoms with Gasteiger partial charge in [0.05, 0.1) is 13.2 Å². The lowest BCUT2D eigenvalue weighted by Gasteiger charge is -2.32. The first-order chi connectivity index (χ1) is 9.99. The molecule has 1 aromatic rings. The Morgan fingerprint density at radius 2 is 1.86 bits per heavy atom. The van der Waals surface area contributed by atoms with Gasteiger partial charge in [0.25, 0.3) is 0 Å². The molecule has 1 aliphatic carbocycles. The molecule has 2 rings (SSSR count). The molecule has 0 spiro atoms. The van der Waals surface area contributed by atoms with Gasteiger partial charge in [-0.2, -0.15) is 0 Å². The molecule has 1 saturated carbocycles. The van der Waals surface area contributed by atoms with E-state index in [1.54, 1.807) is 0 Å². The molecule has 21 heavy (non-hydrogen) atoms. The number of likely N-dealkylation sites (N-methyl/N-ethyl adjacent to an activating group) is 1. The summed E-state index contributed by atoms with van der Waals surface area (Å²) in [6.45, 7) is 6.94. The fraction of sp³-hybridized carbons (Fsp3) is 0.667. The van der Waals surface area contributed by atoms with Crippen molar-refractivity contribution in [3.8, 4) is 0 Å². The average Bonchev–Trinajstić information content (AvgIpc) is 3.24. The van der Waals surface area contributed by atoms with Gasteiger partial charge in [-0.15, -0.1) is 0 Å². The summed E-state index contributed by atoms with van der Waals surface area (Å²) in [5.41, 5.74) is 2.81. The van der Waals surface area contributed by atoms with Gasteiger partial charge in [-0.05, 0) is 64.9 Å². The average molecular weight is 290 g/mol. The van der Waals surface area contributed by atoms with Gasteiger partial charge in [-0.25, -0.2) is 0 Å². The van der Waals surface area contributed by atoms with Crippen LogP contribution in [0.5, 0.6) is 0 Å². The van der Waals surface area contributed by atoms with Crippen LogP contribution in [0.15, 0.2) is 24.3 Å². The Kier molecular flexibility index (Phi) is 5.80. The van der Waals surface area contributed by atoms with Crippen molar-refractivity contribution in [2.75, 3.05) is 27.2 Å². The Morgan fingerprint density at radius 1 is 1.19 bits per heavy atom. The van der Waals surface area contributed by atoms with E-state index in [0.717, 1.165) is 25.6 Å². The van der Waals surface area contributed by atoms with E-state index < -0.39 is 0 Å². The molecule has 0 saturated heterocycles. The molecule has 0 amide bonds. The van der Waals surface area contributed by atoms with Gasteiger partial charge in [0.1, 0.15) is 0 Å². The number of nitrogens with one attached hydrogen (secondary N) is 1. The lowest BCUT2D eigenvalue weighted by Crippen LogP contribution is -2.42. The number of rotatable bonds is 9. The molecular weight excluding hydrogens is 260 g/mol. The van der Waals surface area contributed by atoms with Crippen LogP contribution in [0.25, 0.3) is 0 Å². The number of nitrogens with zero attached hydrogens (tertiary/aromatic N) is 1. The lowest BCUT2D eigenvalue weighted by molar-refractivity contribution is 0.0272. The molecule has 1 N–H and O–H groups in total. The minimum absolute atomic E-state index is 0.0719. The zero-order valence-corrected chi connectivity index (χ0v) is 14.0. The highest BCUT2D eigenvalue weighted by molar-refractivity contribution is 5.26. The van der Waals surface area contributed by atoms with Crippen LogP contribution in [0.1, 0.15) is 37.8 Å². The molecule has 0 aromatic heterocycles. The van der Waals surface area contributed by atoms with Crippen molar-refractivity contribution >= 4 is 0 Å². The zero-order valence-electron chi connectivity index (χ0n) is 14.0. The molecule has 0 bridgehead atoms. The minimum atomic E-state index is 0.0719. The SMILES string of the molecule is CN(C)C(C)(C)COCc1ccccc1CCNC1CC1. The standard InChI is InChI=1S/C18H30N2O/c1-18(2,20(3)4)14-21-13-16-8-6-5-7-15(16)11-12-19-17-9-10-17/h5-8,17,19H,9-14H2,1-4H3. The maximum atomic E-state index is 5.96. The highest BCUT2D eigenvalue weighted by Crippen LogP contribution is 2.19. The highest BCUT2D eigenvalue weighted by Gasteiger charge is 2.21. The maximum Gasteiger partial charge on any atom is 0.0720 e. The van der Waals surface area contributed by atoms with Gasteiger partial charge >= 0.3 is 0 Å². The molecule has 3 nitrogen and oxygen atoms in total. The summed E-state index contributed by atoms with van der Waals surface area (Å²) < 4.78 is 5.96. The fourth-order valence-corrected chi connectivity index (χ4v) is 2.18. The molecule has 1 aliphatic rings. The summed E-state index contributed by atoms with van der Waals surface area (Å²) in [7, 11) is 4.20. The van der Waals surface area contributed by atoms with Gasteiger partial charge < -0.3 is 15.0 Å². The van der Waals surface area contributed by atoms with Gasteiger partial charge in [-0.3, -0.25) is 0 Å². The first-order valence-corrected chi connectivity index (χ1v) is 8.04. The maximum absolute atomic E-state index is 5.96. The summed E-state index contributed by atoms with van der Waals surface area (Å²) in [5, 5.41) is 3.58. The molecule has 0 aliphatic heterocycles. The monoisotopic (exact) mass is 290 g/mol. The van der Waals surface area contributed by atoms with Crippen molar-refractivity contribution in [1.29, 1.82) is 0 Å². The van der Waals surface area contributed by atoms with Crippen molar-refractivity contribution in [1.82, 2.24) is 10.2 Å². The predicted octanol–water partition coefficient (Wildman–Crippen LogP) is 2.84. The van der Waals surface area contributed by atoms with E-state index in [1.165, 1.54) is 24.0 Å². The fourth-order valence-electron chi connectivity index (χ4n) is 2.18. The van der Waals surface area contributed by atoms with Gasteiger partial charge in [0.2, 0.25) is 0 Å².